The van der Waals surface area contributed by atoms with E-state index in [2.05, 4.69) is 18.7 Å². The van der Waals surface area contributed by atoms with Gasteiger partial charge in [-0.05, 0) is 31.7 Å². The molecule has 112 valence electrons. The second kappa shape index (κ2) is 6.10. The molecule has 19 heavy (non-hydrogen) atoms. The fourth-order valence-electron chi connectivity index (χ4n) is 3.39. The van der Waals surface area contributed by atoms with Crippen LogP contribution in [0.2, 0.25) is 0 Å². The van der Waals surface area contributed by atoms with Gasteiger partial charge in [0.2, 0.25) is 0 Å². The van der Waals surface area contributed by atoms with E-state index in [1.807, 2.05) is 0 Å². The molecule has 2 fully saturated rings. The molecule has 0 radical (unpaired) electrons. The number of nitrogens with zero attached hydrogens (tertiary/aromatic N) is 1. The zero-order chi connectivity index (χ0) is 14.0. The van der Waals surface area contributed by atoms with Crippen LogP contribution in [0.3, 0.4) is 0 Å². The molecule has 0 amide bonds. The summed E-state index contributed by atoms with van der Waals surface area (Å²) in [4.78, 5) is 2.31. The van der Waals surface area contributed by atoms with Gasteiger partial charge < -0.3 is 5.11 Å². The molecule has 1 aliphatic carbocycles. The Hall–Kier alpha value is -0.130. The Morgan fingerprint density at radius 3 is 2.32 bits per heavy atom. The van der Waals surface area contributed by atoms with Gasteiger partial charge in [-0.3, -0.25) is 4.90 Å². The summed E-state index contributed by atoms with van der Waals surface area (Å²) in [7, 11) is -3.05. The molecule has 1 saturated carbocycles. The summed E-state index contributed by atoms with van der Waals surface area (Å²) in [5.74, 6) is 0.699. The predicted molar refractivity (Wildman–Crippen MR) is 76.9 cm³/mol. The Kier molecular flexibility index (Phi) is 4.90. The summed E-state index contributed by atoms with van der Waals surface area (Å²) in [5.41, 5.74) is 0. The van der Waals surface area contributed by atoms with Crippen molar-refractivity contribution >= 4 is 9.84 Å². The van der Waals surface area contributed by atoms with Crippen molar-refractivity contribution in [3.8, 4) is 0 Å². The first-order chi connectivity index (χ1) is 8.89. The van der Waals surface area contributed by atoms with E-state index in [9.17, 15) is 13.5 Å². The molecule has 1 N–H and O–H groups in total. The average Bonchev–Trinajstić information content (AvgIpc) is 2.87. The van der Waals surface area contributed by atoms with Crippen LogP contribution in [0.1, 0.15) is 46.0 Å². The van der Waals surface area contributed by atoms with Crippen molar-refractivity contribution < 1.29 is 13.5 Å². The first-order valence-electron chi connectivity index (χ1n) is 7.53. The second-order valence-electron chi connectivity index (χ2n) is 6.57. The highest BCUT2D eigenvalue weighted by atomic mass is 32.2. The summed E-state index contributed by atoms with van der Waals surface area (Å²) in [6, 6.07) is 0.304. The molecular formula is C14H27NO3S. The normalized spacial score (nSPS) is 31.6. The first-order valence-corrected chi connectivity index (χ1v) is 9.35. The van der Waals surface area contributed by atoms with Crippen LogP contribution < -0.4 is 0 Å². The summed E-state index contributed by atoms with van der Waals surface area (Å²) in [6.45, 7) is 5.29. The van der Waals surface area contributed by atoms with E-state index in [-0.39, 0.29) is 17.5 Å². The van der Waals surface area contributed by atoms with Crippen molar-refractivity contribution in [2.75, 3.05) is 18.1 Å². The predicted octanol–water partition coefficient (Wildman–Crippen LogP) is 1.44. The summed E-state index contributed by atoms with van der Waals surface area (Å²) < 4.78 is 23.4. The second-order valence-corrected chi connectivity index (χ2v) is 8.72. The number of hydrogen-bond donors (Lipinski definition) is 1. The number of hydrogen-bond acceptors (Lipinski definition) is 4. The number of sulfone groups is 1. The van der Waals surface area contributed by atoms with Crippen molar-refractivity contribution in [1.82, 2.24) is 4.90 Å². The minimum Gasteiger partial charge on any atom is -0.390 e. The zero-order valence-corrected chi connectivity index (χ0v) is 12.9. The molecular weight excluding hydrogens is 262 g/mol. The Morgan fingerprint density at radius 2 is 1.84 bits per heavy atom. The van der Waals surface area contributed by atoms with Crippen LogP contribution in [-0.2, 0) is 9.84 Å². The molecule has 0 aromatic heterocycles. The van der Waals surface area contributed by atoms with Crippen LogP contribution >= 0.6 is 0 Å². The molecule has 1 saturated heterocycles. The average molecular weight is 289 g/mol. The van der Waals surface area contributed by atoms with Crippen molar-refractivity contribution in [1.29, 1.82) is 0 Å². The smallest absolute Gasteiger partial charge is 0.154 e. The van der Waals surface area contributed by atoms with Crippen molar-refractivity contribution in [2.24, 2.45) is 5.92 Å². The van der Waals surface area contributed by atoms with E-state index in [1.54, 1.807) is 0 Å². The maximum absolute atomic E-state index is 11.7. The van der Waals surface area contributed by atoms with Crippen molar-refractivity contribution in [2.45, 2.75) is 64.1 Å². The molecule has 2 unspecified atom stereocenters. The molecule has 0 spiro atoms. The van der Waals surface area contributed by atoms with E-state index >= 15 is 0 Å². The lowest BCUT2D eigenvalue weighted by molar-refractivity contribution is 0.0517. The lowest BCUT2D eigenvalue weighted by Crippen LogP contribution is -2.48. The highest BCUT2D eigenvalue weighted by Gasteiger charge is 2.42. The van der Waals surface area contributed by atoms with Gasteiger partial charge in [0.15, 0.2) is 9.84 Å². The largest absolute Gasteiger partial charge is 0.390 e. The van der Waals surface area contributed by atoms with Gasteiger partial charge in [-0.15, -0.1) is 0 Å². The van der Waals surface area contributed by atoms with Crippen molar-refractivity contribution in [3.05, 3.63) is 0 Å². The van der Waals surface area contributed by atoms with Gasteiger partial charge in [0.05, 0.1) is 23.7 Å². The van der Waals surface area contributed by atoms with Gasteiger partial charge in [0, 0.05) is 6.04 Å². The number of aliphatic hydroxyl groups excluding tert-OH is 1. The highest BCUT2D eigenvalue weighted by Crippen LogP contribution is 2.29. The molecule has 1 aliphatic heterocycles. The Bertz CT molecular complexity index is 387. The lowest BCUT2D eigenvalue weighted by Gasteiger charge is -2.35. The maximum Gasteiger partial charge on any atom is 0.154 e. The van der Waals surface area contributed by atoms with E-state index < -0.39 is 15.9 Å². The first kappa shape index (κ1) is 15.3. The number of rotatable bonds is 5. The lowest BCUT2D eigenvalue weighted by atomic mass is 10.0. The van der Waals surface area contributed by atoms with Gasteiger partial charge in [-0.2, -0.15) is 0 Å². The Morgan fingerprint density at radius 1 is 1.21 bits per heavy atom. The molecule has 0 bridgehead atoms. The van der Waals surface area contributed by atoms with Gasteiger partial charge >= 0.3 is 0 Å². The quantitative estimate of drug-likeness (QED) is 0.832. The van der Waals surface area contributed by atoms with Crippen LogP contribution in [0.15, 0.2) is 0 Å². The molecule has 2 aliphatic rings. The van der Waals surface area contributed by atoms with E-state index in [0.717, 1.165) is 25.8 Å². The molecule has 4 nitrogen and oxygen atoms in total. The number of aliphatic hydroxyl groups is 1. The standard InChI is InChI=1S/C14H27NO3S/c1-11(2)7-8-15(12-5-3-4-6-12)13-9-19(17,18)10-14(13)16/h11-14,16H,3-10H2,1-2H3. The molecule has 0 aromatic rings. The van der Waals surface area contributed by atoms with Crippen LogP contribution in [0, 0.1) is 5.92 Å². The fourth-order valence-corrected chi connectivity index (χ4v) is 5.20. The van der Waals surface area contributed by atoms with Gasteiger partial charge in [0.1, 0.15) is 0 Å². The summed E-state index contributed by atoms with van der Waals surface area (Å²) >= 11 is 0. The topological polar surface area (TPSA) is 57.6 Å². The third-order valence-corrected chi connectivity index (χ3v) is 6.18. The molecule has 5 heteroatoms. The summed E-state index contributed by atoms with van der Waals surface area (Å²) in [5, 5.41) is 10.1. The third kappa shape index (κ3) is 3.92. The summed E-state index contributed by atoms with van der Waals surface area (Å²) in [6.07, 6.45) is 5.15. The minimum absolute atomic E-state index is 0.0530. The maximum atomic E-state index is 11.7. The van der Waals surface area contributed by atoms with Crippen LogP contribution in [-0.4, -0.2) is 54.7 Å². The van der Waals surface area contributed by atoms with Gasteiger partial charge in [-0.25, -0.2) is 8.42 Å². The monoisotopic (exact) mass is 289 g/mol. The van der Waals surface area contributed by atoms with E-state index in [0.29, 0.717) is 12.0 Å². The van der Waals surface area contributed by atoms with Crippen LogP contribution in [0.4, 0.5) is 0 Å². The minimum atomic E-state index is -3.05. The van der Waals surface area contributed by atoms with Crippen LogP contribution in [0.5, 0.6) is 0 Å². The zero-order valence-electron chi connectivity index (χ0n) is 12.1. The van der Waals surface area contributed by atoms with Crippen LogP contribution in [0.25, 0.3) is 0 Å². The molecule has 2 rings (SSSR count). The molecule has 0 aromatic carbocycles. The van der Waals surface area contributed by atoms with Gasteiger partial charge in [-0.1, -0.05) is 26.7 Å². The van der Waals surface area contributed by atoms with E-state index in [4.69, 9.17) is 0 Å². The fraction of sp³-hybridized carbons (Fsp3) is 1.00. The van der Waals surface area contributed by atoms with Gasteiger partial charge in [0.25, 0.3) is 0 Å². The Balaban J connectivity index is 2.07. The highest BCUT2D eigenvalue weighted by molar-refractivity contribution is 7.91. The molecule has 2 atom stereocenters. The SMILES string of the molecule is CC(C)CCN(C1CCCC1)C1CS(=O)(=O)CC1O. The Labute approximate surface area is 117 Å². The third-order valence-electron chi connectivity index (χ3n) is 4.48. The molecule has 1 heterocycles. The van der Waals surface area contributed by atoms with Crippen molar-refractivity contribution in [3.63, 3.8) is 0 Å². The van der Waals surface area contributed by atoms with E-state index in [1.165, 1.54) is 12.8 Å².